The van der Waals surface area contributed by atoms with Crippen LogP contribution in [0, 0.1) is 23.7 Å². The van der Waals surface area contributed by atoms with Gasteiger partial charge in [0.2, 0.25) is 0 Å². The summed E-state index contributed by atoms with van der Waals surface area (Å²) in [4.78, 5) is 28.7. The second-order valence-corrected chi connectivity index (χ2v) is 15.1. The lowest BCUT2D eigenvalue weighted by Gasteiger charge is -2.50. The molecule has 51 heavy (non-hydrogen) atoms. The average molecular weight is 715 g/mol. The van der Waals surface area contributed by atoms with Crippen molar-refractivity contribution in [3.8, 4) is 0 Å². The maximum atomic E-state index is 14.2. The normalized spacial score (nSPS) is 40.8. The number of aliphatic hydroxyl groups excluding tert-OH is 1. The fourth-order valence-corrected chi connectivity index (χ4v) is 7.94. The highest BCUT2D eigenvalue weighted by Crippen LogP contribution is 2.47. The van der Waals surface area contributed by atoms with Crippen molar-refractivity contribution in [1.82, 2.24) is 5.32 Å². The highest BCUT2D eigenvalue weighted by atomic mass is 16.7. The van der Waals surface area contributed by atoms with E-state index in [1.807, 2.05) is 17.5 Å². The van der Waals surface area contributed by atoms with Gasteiger partial charge in [-0.25, -0.2) is 4.79 Å². The maximum absolute atomic E-state index is 14.2. The zero-order chi connectivity index (χ0) is 37.7. The lowest BCUT2D eigenvalue weighted by molar-refractivity contribution is -0.313. The molecule has 10 atom stereocenters. The first-order valence-electron chi connectivity index (χ1n) is 18.0. The number of carbonyl (C=O) groups excluding carboxylic acids is 1. The number of carbonyl (C=O) groups is 2. The lowest BCUT2D eigenvalue weighted by atomic mass is 9.71. The van der Waals surface area contributed by atoms with E-state index in [-0.39, 0.29) is 30.7 Å². The van der Waals surface area contributed by atoms with Crippen LogP contribution in [0.3, 0.4) is 0 Å². The van der Waals surface area contributed by atoms with Crippen molar-refractivity contribution in [1.29, 1.82) is 0 Å². The van der Waals surface area contributed by atoms with Gasteiger partial charge in [0.25, 0.3) is 0 Å². The minimum Gasteiger partial charge on any atom is -0.465 e. The molecule has 4 N–H and O–H groups in total. The van der Waals surface area contributed by atoms with E-state index in [1.54, 1.807) is 20.1 Å². The Balaban J connectivity index is 0.00000109. The average Bonchev–Trinajstić information content (AvgIpc) is 3.39. The standard InChI is InChI=1S/C37H53NO8.C2H5NO2/c1-21(2)14-25(6)33-26(7)31(38-42-8)19-36(46-33)18-29-17-28(45-36)13-12-23(4)15-22(3)10-9-11-27-20-43-34-32(39)24(5)16-30(35(40)44-29)37(27,34)41;1-3-2(4)5/h9-12,14,16,21-22,26,28-30,32-34,39,41H,13,15,17-20H2,1-8H3;3H,1H3,(H,4,5)/b10-9+,23-12+,25-14+,27-11+,38-31-;/t22-,26-,28+,29-,30-,32+,33+,34+,36-,37+;/m0./s1. The van der Waals surface area contributed by atoms with Gasteiger partial charge in [0.1, 0.15) is 36.9 Å². The van der Waals surface area contributed by atoms with Crippen LogP contribution >= 0.6 is 0 Å². The van der Waals surface area contributed by atoms with E-state index in [2.05, 4.69) is 64.9 Å². The number of rotatable bonds is 3. The fraction of sp³-hybridized carbons (Fsp3) is 0.667. The zero-order valence-electron chi connectivity index (χ0n) is 31.5. The van der Waals surface area contributed by atoms with E-state index in [1.165, 1.54) is 12.6 Å². The molecule has 0 aromatic carbocycles. The summed E-state index contributed by atoms with van der Waals surface area (Å²) in [6, 6.07) is 0. The number of oxime groups is 1. The predicted molar refractivity (Wildman–Crippen MR) is 193 cm³/mol. The van der Waals surface area contributed by atoms with Crippen molar-refractivity contribution in [3.05, 3.63) is 58.7 Å². The van der Waals surface area contributed by atoms with Crippen LogP contribution in [0.5, 0.6) is 0 Å². The van der Waals surface area contributed by atoms with Crippen LogP contribution in [0.4, 0.5) is 4.79 Å². The monoisotopic (exact) mass is 714 g/mol. The summed E-state index contributed by atoms with van der Waals surface area (Å²) >= 11 is 0. The van der Waals surface area contributed by atoms with Gasteiger partial charge in [-0.15, -0.1) is 0 Å². The number of allylic oxidation sites excluding steroid dienone is 5. The van der Waals surface area contributed by atoms with Crippen LogP contribution in [0.25, 0.3) is 0 Å². The fourth-order valence-electron chi connectivity index (χ4n) is 7.94. The van der Waals surface area contributed by atoms with E-state index in [9.17, 15) is 19.8 Å². The van der Waals surface area contributed by atoms with Crippen molar-refractivity contribution in [3.63, 3.8) is 0 Å². The van der Waals surface area contributed by atoms with Gasteiger partial charge in [0.05, 0.1) is 24.5 Å². The molecule has 0 saturated carbocycles. The summed E-state index contributed by atoms with van der Waals surface area (Å²) < 4.78 is 26.0. The van der Waals surface area contributed by atoms with Crippen molar-refractivity contribution in [2.24, 2.45) is 28.8 Å². The molecule has 5 aliphatic rings. The molecule has 12 heteroatoms. The zero-order valence-corrected chi connectivity index (χ0v) is 31.5. The predicted octanol–water partition coefficient (Wildman–Crippen LogP) is 5.61. The maximum Gasteiger partial charge on any atom is 0.404 e. The number of nitrogens with one attached hydrogen (secondary N) is 1. The second-order valence-electron chi connectivity index (χ2n) is 15.1. The summed E-state index contributed by atoms with van der Waals surface area (Å²) in [6.45, 7) is 14.6. The van der Waals surface area contributed by atoms with Crippen molar-refractivity contribution >= 4 is 17.8 Å². The first-order valence-corrected chi connectivity index (χ1v) is 18.0. The largest absolute Gasteiger partial charge is 0.465 e. The van der Waals surface area contributed by atoms with Crippen LogP contribution < -0.4 is 5.32 Å². The van der Waals surface area contributed by atoms with Crippen molar-refractivity contribution in [2.45, 2.75) is 122 Å². The van der Waals surface area contributed by atoms with E-state index in [0.717, 1.165) is 17.7 Å². The third kappa shape index (κ3) is 9.39. The van der Waals surface area contributed by atoms with Crippen LogP contribution in [0.15, 0.2) is 63.9 Å². The first-order chi connectivity index (χ1) is 24.0. The minimum atomic E-state index is -1.74. The Morgan fingerprint density at radius 1 is 1.20 bits per heavy atom. The summed E-state index contributed by atoms with van der Waals surface area (Å²) in [7, 11) is 2.90. The molecule has 1 spiro atoms. The molecule has 0 aromatic rings. The lowest BCUT2D eigenvalue weighted by Crippen LogP contribution is -2.59. The van der Waals surface area contributed by atoms with Crippen molar-refractivity contribution in [2.75, 3.05) is 20.8 Å². The molecular weight excluding hydrogens is 656 g/mol. The number of hydrogen-bond acceptors (Lipinski definition) is 10. The molecule has 2 bridgehead atoms. The number of esters is 1. The van der Waals surface area contributed by atoms with Gasteiger partial charge in [-0.05, 0) is 62.2 Å². The highest BCUT2D eigenvalue weighted by Gasteiger charge is 2.60. The molecule has 5 rings (SSSR count). The Kier molecular flexibility index (Phi) is 13.5. The summed E-state index contributed by atoms with van der Waals surface area (Å²) in [5.74, 6) is -2.15. The SMILES string of the molecule is CNC(=O)O.CO/N=C1/C[C@]2(C[C@@H]3C[C@@H](C/C=C(\C)C[C@@H](C)/C=C/C=C4\CO[C@@H]5[C@H](O)C(C)=C[C@@H](C(=O)O3)[C@]45O)O2)O[C@H](/C(C)=C/C(C)C)[C@H]1C. The number of ether oxygens (including phenoxy) is 4. The molecular formula is C39H58N2O10. The molecule has 4 aliphatic heterocycles. The third-order valence-corrected chi connectivity index (χ3v) is 10.4. The Bertz CT molecular complexity index is 1460. The van der Waals surface area contributed by atoms with Crippen LogP contribution in [-0.4, -0.2) is 95.8 Å². The van der Waals surface area contributed by atoms with Gasteiger partial charge in [0, 0.05) is 32.2 Å². The molecule has 4 heterocycles. The summed E-state index contributed by atoms with van der Waals surface area (Å²) in [5, 5.41) is 37.1. The van der Waals surface area contributed by atoms with Gasteiger partial charge in [-0.3, -0.25) is 4.79 Å². The molecule has 3 fully saturated rings. The number of fused-ring (bicyclic) bond motifs is 2. The van der Waals surface area contributed by atoms with Gasteiger partial charge in [-0.1, -0.05) is 74.9 Å². The Labute approximate surface area is 302 Å². The first kappa shape index (κ1) is 40.5. The Morgan fingerprint density at radius 3 is 2.55 bits per heavy atom. The number of aliphatic hydroxyl groups is 2. The molecule has 3 saturated heterocycles. The number of amides is 1. The van der Waals surface area contributed by atoms with Crippen LogP contribution in [0.2, 0.25) is 0 Å². The smallest absolute Gasteiger partial charge is 0.404 e. The quantitative estimate of drug-likeness (QED) is 0.164. The Morgan fingerprint density at radius 2 is 1.90 bits per heavy atom. The molecule has 1 aliphatic carbocycles. The van der Waals surface area contributed by atoms with Gasteiger partial charge >= 0.3 is 12.1 Å². The van der Waals surface area contributed by atoms with E-state index >= 15 is 0 Å². The second kappa shape index (κ2) is 17.0. The van der Waals surface area contributed by atoms with Gasteiger partial charge in [-0.2, -0.15) is 0 Å². The molecule has 0 radical (unpaired) electrons. The van der Waals surface area contributed by atoms with Crippen LogP contribution in [-0.2, 0) is 28.6 Å². The van der Waals surface area contributed by atoms with Crippen molar-refractivity contribution < 1.29 is 48.7 Å². The van der Waals surface area contributed by atoms with Gasteiger partial charge < -0.3 is 44.4 Å². The number of nitrogens with zero attached hydrogens (tertiary/aromatic N) is 1. The van der Waals surface area contributed by atoms with E-state index in [0.29, 0.717) is 42.7 Å². The summed E-state index contributed by atoms with van der Waals surface area (Å²) in [6.07, 6.45) is 10.4. The minimum absolute atomic E-state index is 0.0340. The number of carboxylic acid groups (broad SMARTS) is 1. The highest BCUT2D eigenvalue weighted by molar-refractivity contribution is 5.88. The van der Waals surface area contributed by atoms with Crippen LogP contribution in [0.1, 0.15) is 80.6 Å². The summed E-state index contributed by atoms with van der Waals surface area (Å²) in [5.41, 5.74) is 2.54. The van der Waals surface area contributed by atoms with E-state index in [4.69, 9.17) is 28.9 Å². The molecule has 12 nitrogen and oxygen atoms in total. The van der Waals surface area contributed by atoms with E-state index < -0.39 is 47.7 Å². The topological polar surface area (TPSA) is 165 Å². The number of hydrogen-bond donors (Lipinski definition) is 4. The van der Waals surface area contributed by atoms with Gasteiger partial charge in [0.15, 0.2) is 5.79 Å². The molecule has 0 aromatic heterocycles. The molecule has 0 unspecified atom stereocenters. The third-order valence-electron chi connectivity index (χ3n) is 10.4. The Hall–Kier alpha value is -3.29. The molecule has 1 amide bonds. The molecule has 284 valence electrons.